The number of nitrogens with one attached hydrogen (secondary N) is 1. The van der Waals surface area contributed by atoms with Crippen LogP contribution in [-0.4, -0.2) is 24.6 Å². The quantitative estimate of drug-likeness (QED) is 0.894. The van der Waals surface area contributed by atoms with E-state index in [1.54, 1.807) is 0 Å². The van der Waals surface area contributed by atoms with Crippen molar-refractivity contribution in [3.8, 4) is 0 Å². The molecule has 1 atom stereocenters. The fourth-order valence-corrected chi connectivity index (χ4v) is 2.99. The van der Waals surface area contributed by atoms with Crippen LogP contribution in [-0.2, 0) is 6.54 Å². The predicted molar refractivity (Wildman–Crippen MR) is 86.5 cm³/mol. The lowest BCUT2D eigenvalue weighted by molar-refractivity contribution is 0.459. The van der Waals surface area contributed by atoms with Gasteiger partial charge in [0.15, 0.2) is 0 Å². The highest BCUT2D eigenvalue weighted by Crippen LogP contribution is 2.25. The van der Waals surface area contributed by atoms with E-state index < -0.39 is 0 Å². The van der Waals surface area contributed by atoms with Crippen molar-refractivity contribution in [1.29, 1.82) is 0 Å². The molecule has 0 aromatic carbocycles. The van der Waals surface area contributed by atoms with E-state index in [2.05, 4.69) is 30.1 Å². The van der Waals surface area contributed by atoms with E-state index in [-0.39, 0.29) is 0 Å². The van der Waals surface area contributed by atoms with Crippen LogP contribution in [0.25, 0.3) is 0 Å². The Balaban J connectivity index is 2.07. The normalized spacial score (nSPS) is 19.9. The maximum Gasteiger partial charge on any atom is 0.128 e. The molecule has 1 aliphatic rings. The van der Waals surface area contributed by atoms with Gasteiger partial charge in [-0.2, -0.15) is 0 Å². The van der Waals surface area contributed by atoms with Crippen LogP contribution in [0, 0.1) is 5.92 Å². The van der Waals surface area contributed by atoms with Crippen LogP contribution in [0.1, 0.15) is 45.2 Å². The van der Waals surface area contributed by atoms with Gasteiger partial charge in [0, 0.05) is 19.6 Å². The van der Waals surface area contributed by atoms with Gasteiger partial charge in [-0.05, 0) is 43.9 Å². The minimum Gasteiger partial charge on any atom is -0.357 e. The van der Waals surface area contributed by atoms with Crippen LogP contribution in [0.2, 0.25) is 5.02 Å². The van der Waals surface area contributed by atoms with Gasteiger partial charge in [0.1, 0.15) is 5.82 Å². The highest BCUT2D eigenvalue weighted by molar-refractivity contribution is 6.31. The monoisotopic (exact) mass is 295 g/mol. The Hall–Kier alpha value is -0.800. The average molecular weight is 296 g/mol. The van der Waals surface area contributed by atoms with Crippen LogP contribution in [0.3, 0.4) is 0 Å². The molecule has 3 nitrogen and oxygen atoms in total. The maximum atomic E-state index is 6.23. The molecule has 4 heteroatoms. The first-order valence-electron chi connectivity index (χ1n) is 7.85. The third kappa shape index (κ3) is 4.10. The molecule has 1 aliphatic heterocycles. The van der Waals surface area contributed by atoms with E-state index in [0.717, 1.165) is 48.6 Å². The average Bonchev–Trinajstić information content (AvgIpc) is 2.72. The third-order valence-electron chi connectivity index (χ3n) is 4.20. The lowest BCUT2D eigenvalue weighted by Gasteiger charge is -2.22. The van der Waals surface area contributed by atoms with Crippen LogP contribution in [0.4, 0.5) is 5.82 Å². The number of nitrogens with zero attached hydrogens (tertiary/aromatic N) is 2. The summed E-state index contributed by atoms with van der Waals surface area (Å²) in [5, 5.41) is 4.06. The number of pyridine rings is 1. The SMILES string of the molecule is CCNCc1nc(N2CCCC(CC)CC2)ccc1Cl. The van der Waals surface area contributed by atoms with Gasteiger partial charge in [0.05, 0.1) is 10.7 Å². The summed E-state index contributed by atoms with van der Waals surface area (Å²) in [5.41, 5.74) is 0.960. The van der Waals surface area contributed by atoms with Crippen molar-refractivity contribution >= 4 is 17.4 Å². The highest BCUT2D eigenvalue weighted by Gasteiger charge is 2.17. The molecular weight excluding hydrogens is 270 g/mol. The topological polar surface area (TPSA) is 28.2 Å². The molecule has 0 radical (unpaired) electrons. The molecule has 112 valence electrons. The minimum atomic E-state index is 0.745. The van der Waals surface area contributed by atoms with Gasteiger partial charge >= 0.3 is 0 Å². The van der Waals surface area contributed by atoms with Crippen LogP contribution < -0.4 is 10.2 Å². The molecule has 0 aliphatic carbocycles. The zero-order valence-corrected chi connectivity index (χ0v) is 13.4. The Morgan fingerprint density at radius 3 is 2.90 bits per heavy atom. The first-order valence-corrected chi connectivity index (χ1v) is 8.23. The zero-order valence-electron chi connectivity index (χ0n) is 12.7. The van der Waals surface area contributed by atoms with Crippen LogP contribution in [0.5, 0.6) is 0 Å². The first kappa shape index (κ1) is 15.6. The predicted octanol–water partition coefficient (Wildman–Crippen LogP) is 3.86. The molecule has 0 spiro atoms. The lowest BCUT2D eigenvalue weighted by atomic mass is 9.98. The van der Waals surface area contributed by atoms with Crippen molar-refractivity contribution in [2.45, 2.75) is 46.1 Å². The Labute approximate surface area is 127 Å². The van der Waals surface area contributed by atoms with Crippen molar-refractivity contribution in [3.63, 3.8) is 0 Å². The van der Waals surface area contributed by atoms with E-state index >= 15 is 0 Å². The molecule has 0 bridgehead atoms. The first-order chi connectivity index (χ1) is 9.74. The lowest BCUT2D eigenvalue weighted by Crippen LogP contribution is -2.26. The summed E-state index contributed by atoms with van der Waals surface area (Å²) in [7, 11) is 0. The van der Waals surface area contributed by atoms with E-state index in [0.29, 0.717) is 0 Å². The van der Waals surface area contributed by atoms with Crippen molar-refractivity contribution in [3.05, 3.63) is 22.8 Å². The molecule has 0 amide bonds. The summed E-state index contributed by atoms with van der Waals surface area (Å²) in [4.78, 5) is 7.18. The Kier molecular flexibility index (Phi) is 6.11. The molecule has 1 N–H and O–H groups in total. The smallest absolute Gasteiger partial charge is 0.128 e. The zero-order chi connectivity index (χ0) is 14.4. The molecule has 1 unspecified atom stereocenters. The summed E-state index contributed by atoms with van der Waals surface area (Å²) >= 11 is 6.23. The van der Waals surface area contributed by atoms with E-state index in [4.69, 9.17) is 16.6 Å². The highest BCUT2D eigenvalue weighted by atomic mass is 35.5. The van der Waals surface area contributed by atoms with Gasteiger partial charge < -0.3 is 10.2 Å². The molecule has 2 rings (SSSR count). The Bertz CT molecular complexity index is 422. The van der Waals surface area contributed by atoms with Gasteiger partial charge in [0.25, 0.3) is 0 Å². The van der Waals surface area contributed by atoms with Gasteiger partial charge in [-0.1, -0.05) is 31.9 Å². The van der Waals surface area contributed by atoms with Gasteiger partial charge in [0.2, 0.25) is 0 Å². The second-order valence-corrected chi connectivity index (χ2v) is 5.98. The van der Waals surface area contributed by atoms with Crippen molar-refractivity contribution < 1.29 is 0 Å². The molecule has 1 saturated heterocycles. The Morgan fingerprint density at radius 1 is 1.30 bits per heavy atom. The molecule has 1 aromatic heterocycles. The second kappa shape index (κ2) is 7.84. The minimum absolute atomic E-state index is 0.745. The van der Waals surface area contributed by atoms with Gasteiger partial charge in [-0.25, -0.2) is 4.98 Å². The maximum absolute atomic E-state index is 6.23. The molecule has 2 heterocycles. The summed E-state index contributed by atoms with van der Waals surface area (Å²) in [6.07, 6.45) is 5.20. The molecular formula is C16H26ClN3. The molecule has 20 heavy (non-hydrogen) atoms. The Morgan fingerprint density at radius 2 is 2.15 bits per heavy atom. The van der Waals surface area contributed by atoms with Crippen LogP contribution in [0.15, 0.2) is 12.1 Å². The van der Waals surface area contributed by atoms with Crippen LogP contribution >= 0.6 is 11.6 Å². The standard InChI is InChI=1S/C16H26ClN3/c1-3-13-6-5-10-20(11-9-13)16-8-7-14(17)15(19-16)12-18-4-2/h7-8,13,18H,3-6,9-12H2,1-2H3. The molecule has 0 saturated carbocycles. The summed E-state index contributed by atoms with van der Waals surface area (Å²) in [6, 6.07) is 4.04. The number of hydrogen-bond acceptors (Lipinski definition) is 3. The number of rotatable bonds is 5. The third-order valence-corrected chi connectivity index (χ3v) is 4.54. The summed E-state index contributed by atoms with van der Waals surface area (Å²) in [6.45, 7) is 8.31. The van der Waals surface area contributed by atoms with E-state index in [1.165, 1.54) is 25.7 Å². The van der Waals surface area contributed by atoms with Crippen molar-refractivity contribution in [1.82, 2.24) is 10.3 Å². The summed E-state index contributed by atoms with van der Waals surface area (Å²) in [5.74, 6) is 1.97. The van der Waals surface area contributed by atoms with Gasteiger partial charge in [-0.3, -0.25) is 0 Å². The number of halogens is 1. The number of anilines is 1. The van der Waals surface area contributed by atoms with Crippen molar-refractivity contribution in [2.24, 2.45) is 5.92 Å². The largest absolute Gasteiger partial charge is 0.357 e. The number of aromatic nitrogens is 1. The van der Waals surface area contributed by atoms with E-state index in [1.807, 2.05) is 6.07 Å². The number of hydrogen-bond donors (Lipinski definition) is 1. The fraction of sp³-hybridized carbons (Fsp3) is 0.688. The van der Waals surface area contributed by atoms with Gasteiger partial charge in [-0.15, -0.1) is 0 Å². The molecule has 1 fully saturated rings. The second-order valence-electron chi connectivity index (χ2n) is 5.57. The molecule has 1 aromatic rings. The van der Waals surface area contributed by atoms with Crippen molar-refractivity contribution in [2.75, 3.05) is 24.5 Å². The summed E-state index contributed by atoms with van der Waals surface area (Å²) < 4.78 is 0. The van der Waals surface area contributed by atoms with E-state index in [9.17, 15) is 0 Å². The fourth-order valence-electron chi connectivity index (χ4n) is 2.82.